The fourth-order valence-electron chi connectivity index (χ4n) is 0.685. The van der Waals surface area contributed by atoms with Crippen molar-refractivity contribution in [1.29, 1.82) is 0 Å². The number of carbonyl (C=O) groups is 1. The van der Waals surface area contributed by atoms with Crippen molar-refractivity contribution < 1.29 is 9.53 Å². The molecule has 1 heterocycles. The summed E-state index contributed by atoms with van der Waals surface area (Å²) in [5, 5.41) is 2.35. The average molecular weight is 214 g/mol. The van der Waals surface area contributed by atoms with Crippen LogP contribution in [0, 0.1) is 0 Å². The van der Waals surface area contributed by atoms with E-state index in [4.69, 9.17) is 16.3 Å². The zero-order valence-corrected chi connectivity index (χ0v) is 8.21. The van der Waals surface area contributed by atoms with Gasteiger partial charge >= 0.3 is 6.01 Å². The predicted molar refractivity (Wildman–Crippen MR) is 52.2 cm³/mol. The summed E-state index contributed by atoms with van der Waals surface area (Å²) >= 11 is 5.36. The Hall–Kier alpha value is -1.62. The van der Waals surface area contributed by atoms with E-state index in [0.717, 1.165) is 0 Å². The first-order chi connectivity index (χ1) is 6.63. The number of halogens is 1. The molecular formula is C8H8ClN3O2. The van der Waals surface area contributed by atoms with E-state index in [0.29, 0.717) is 5.69 Å². The number of anilines is 1. The van der Waals surface area contributed by atoms with E-state index in [-0.39, 0.29) is 11.0 Å². The summed E-state index contributed by atoms with van der Waals surface area (Å²) in [6.45, 7) is 3.27. The normalized spacial score (nSPS) is 9.29. The molecule has 1 rings (SSSR count). The Morgan fingerprint density at radius 2 is 2.14 bits per heavy atom. The highest BCUT2D eigenvalue weighted by molar-refractivity contribution is 6.43. The number of hydrogen-bond donors (Lipinski definition) is 1. The molecule has 1 aromatic rings. The number of ether oxygens (including phenoxy) is 1. The number of aromatic nitrogens is 2. The molecule has 0 spiro atoms. The van der Waals surface area contributed by atoms with Crippen LogP contribution in [0.1, 0.15) is 0 Å². The van der Waals surface area contributed by atoms with Crippen LogP contribution in [0.2, 0.25) is 0 Å². The molecule has 74 valence electrons. The van der Waals surface area contributed by atoms with E-state index in [1.54, 1.807) is 0 Å². The lowest BCUT2D eigenvalue weighted by Crippen LogP contribution is -2.11. The fourth-order valence-corrected chi connectivity index (χ4v) is 0.732. The summed E-state index contributed by atoms with van der Waals surface area (Å²) < 4.78 is 4.74. The molecule has 1 N–H and O–H groups in total. The number of rotatable bonds is 3. The van der Waals surface area contributed by atoms with Crippen LogP contribution in [0.15, 0.2) is 24.0 Å². The highest BCUT2D eigenvalue weighted by Gasteiger charge is 2.04. The van der Waals surface area contributed by atoms with Gasteiger partial charge in [0, 0.05) is 0 Å². The van der Waals surface area contributed by atoms with Crippen molar-refractivity contribution in [2.24, 2.45) is 0 Å². The monoisotopic (exact) mass is 213 g/mol. The van der Waals surface area contributed by atoms with Crippen LogP contribution < -0.4 is 10.1 Å². The van der Waals surface area contributed by atoms with E-state index >= 15 is 0 Å². The van der Waals surface area contributed by atoms with Crippen LogP contribution in [0.5, 0.6) is 6.01 Å². The summed E-state index contributed by atoms with van der Waals surface area (Å²) in [5.74, 6) is -0.486. The van der Waals surface area contributed by atoms with E-state index in [1.165, 1.54) is 19.5 Å². The van der Waals surface area contributed by atoms with Gasteiger partial charge in [-0.3, -0.25) is 4.79 Å². The van der Waals surface area contributed by atoms with Gasteiger partial charge in [-0.05, 0) is 0 Å². The Balaban J connectivity index is 2.69. The third-order valence-corrected chi connectivity index (χ3v) is 1.49. The summed E-state index contributed by atoms with van der Waals surface area (Å²) in [4.78, 5) is 18.6. The molecule has 0 radical (unpaired) electrons. The predicted octanol–water partition coefficient (Wildman–Crippen LogP) is 1.18. The van der Waals surface area contributed by atoms with Crippen LogP contribution in [0.4, 0.5) is 5.69 Å². The molecule has 14 heavy (non-hydrogen) atoms. The van der Waals surface area contributed by atoms with Crippen LogP contribution in [0.25, 0.3) is 0 Å². The van der Waals surface area contributed by atoms with Crippen molar-refractivity contribution in [3.05, 3.63) is 24.0 Å². The van der Waals surface area contributed by atoms with Crippen molar-refractivity contribution in [3.8, 4) is 6.01 Å². The van der Waals surface area contributed by atoms with Gasteiger partial charge in [-0.15, -0.1) is 0 Å². The number of methoxy groups -OCH3 is 1. The summed E-state index contributed by atoms with van der Waals surface area (Å²) in [6.07, 6.45) is 2.81. The topological polar surface area (TPSA) is 64.1 Å². The average Bonchev–Trinajstić information content (AvgIpc) is 2.19. The molecule has 0 fully saturated rings. The molecule has 0 aliphatic carbocycles. The molecule has 0 aliphatic rings. The minimum Gasteiger partial charge on any atom is -0.467 e. The largest absolute Gasteiger partial charge is 0.467 e. The fraction of sp³-hybridized carbons (Fsp3) is 0.125. The quantitative estimate of drug-likeness (QED) is 0.766. The molecule has 1 aromatic heterocycles. The highest BCUT2D eigenvalue weighted by Crippen LogP contribution is 2.08. The molecule has 0 aromatic carbocycles. The van der Waals surface area contributed by atoms with Crippen molar-refractivity contribution in [2.75, 3.05) is 12.4 Å². The van der Waals surface area contributed by atoms with Crippen LogP contribution in [0.3, 0.4) is 0 Å². The maximum absolute atomic E-state index is 11.0. The maximum atomic E-state index is 11.0. The Morgan fingerprint density at radius 3 is 2.57 bits per heavy atom. The van der Waals surface area contributed by atoms with Gasteiger partial charge in [0.1, 0.15) is 0 Å². The first-order valence-electron chi connectivity index (χ1n) is 3.65. The second-order valence-electron chi connectivity index (χ2n) is 2.32. The van der Waals surface area contributed by atoms with Crippen molar-refractivity contribution in [3.63, 3.8) is 0 Å². The highest BCUT2D eigenvalue weighted by atomic mass is 35.5. The van der Waals surface area contributed by atoms with Crippen LogP contribution in [-0.4, -0.2) is 23.0 Å². The Morgan fingerprint density at radius 1 is 1.57 bits per heavy atom. The molecule has 0 unspecified atom stereocenters. The summed E-state index contributed by atoms with van der Waals surface area (Å²) in [7, 11) is 1.45. The molecule has 0 aliphatic heterocycles. The van der Waals surface area contributed by atoms with Crippen LogP contribution >= 0.6 is 11.6 Å². The van der Waals surface area contributed by atoms with Crippen LogP contribution in [-0.2, 0) is 4.79 Å². The number of carbonyl (C=O) groups excluding carboxylic acids is 1. The molecular weight excluding hydrogens is 206 g/mol. The van der Waals surface area contributed by atoms with Gasteiger partial charge < -0.3 is 10.1 Å². The molecule has 0 saturated heterocycles. The number of nitrogens with one attached hydrogen (secondary N) is 1. The summed E-state index contributed by atoms with van der Waals surface area (Å²) in [5.41, 5.74) is 0.428. The van der Waals surface area contributed by atoms with E-state index in [1.807, 2.05) is 0 Å². The smallest absolute Gasteiger partial charge is 0.316 e. The van der Waals surface area contributed by atoms with Crippen molar-refractivity contribution in [2.45, 2.75) is 0 Å². The first-order valence-corrected chi connectivity index (χ1v) is 4.03. The standard InChI is InChI=1S/C8H8ClN3O2/c1-5(9)7(13)12-6-3-10-8(14-2)11-4-6/h3-4H,1H2,2H3,(H,12,13). The molecule has 1 amide bonds. The molecule has 0 saturated carbocycles. The molecule has 0 bridgehead atoms. The zero-order valence-electron chi connectivity index (χ0n) is 7.45. The number of amides is 1. The van der Waals surface area contributed by atoms with Crippen molar-refractivity contribution in [1.82, 2.24) is 9.97 Å². The van der Waals surface area contributed by atoms with Gasteiger partial charge in [-0.2, -0.15) is 0 Å². The number of hydrogen-bond acceptors (Lipinski definition) is 4. The van der Waals surface area contributed by atoms with Gasteiger partial charge in [-0.25, -0.2) is 9.97 Å². The first kappa shape index (κ1) is 10.5. The third-order valence-electron chi connectivity index (χ3n) is 1.31. The Labute approximate surface area is 85.8 Å². The van der Waals surface area contributed by atoms with Gasteiger partial charge in [0.15, 0.2) is 0 Å². The SMILES string of the molecule is C=C(Cl)C(=O)Nc1cnc(OC)nc1. The van der Waals surface area contributed by atoms with E-state index in [9.17, 15) is 4.79 Å². The number of nitrogens with zero attached hydrogens (tertiary/aromatic N) is 2. The van der Waals surface area contributed by atoms with E-state index in [2.05, 4.69) is 21.9 Å². The lowest BCUT2D eigenvalue weighted by atomic mass is 10.5. The molecule has 0 atom stereocenters. The van der Waals surface area contributed by atoms with Gasteiger partial charge in [-0.1, -0.05) is 18.2 Å². The Kier molecular flexibility index (Phi) is 3.41. The molecule has 5 nitrogen and oxygen atoms in total. The van der Waals surface area contributed by atoms with Gasteiger partial charge in [0.05, 0.1) is 30.2 Å². The maximum Gasteiger partial charge on any atom is 0.316 e. The lowest BCUT2D eigenvalue weighted by molar-refractivity contribution is -0.112. The minimum absolute atomic E-state index is 0.0965. The van der Waals surface area contributed by atoms with Crippen molar-refractivity contribution >= 4 is 23.2 Å². The summed E-state index contributed by atoms with van der Waals surface area (Å²) in [6, 6.07) is 0.229. The van der Waals surface area contributed by atoms with Gasteiger partial charge in [0.25, 0.3) is 5.91 Å². The lowest BCUT2D eigenvalue weighted by Gasteiger charge is -2.02. The van der Waals surface area contributed by atoms with E-state index < -0.39 is 5.91 Å². The second kappa shape index (κ2) is 4.57. The zero-order chi connectivity index (χ0) is 10.6. The van der Waals surface area contributed by atoms with Gasteiger partial charge in [0.2, 0.25) is 0 Å². The molecule has 6 heteroatoms. The Bertz CT molecular complexity index is 350. The second-order valence-corrected chi connectivity index (χ2v) is 2.77. The minimum atomic E-state index is -0.486. The third kappa shape index (κ3) is 2.70.